The van der Waals surface area contributed by atoms with E-state index in [9.17, 15) is 0 Å². The zero-order valence-corrected chi connectivity index (χ0v) is 11.9. The molecule has 2 heterocycles. The van der Waals surface area contributed by atoms with Crippen LogP contribution < -0.4 is 5.32 Å². The number of H-pyrrole nitrogens is 1. The Morgan fingerprint density at radius 2 is 1.95 bits per heavy atom. The van der Waals surface area contributed by atoms with Crippen LogP contribution in [0.4, 0.5) is 11.6 Å². The minimum absolute atomic E-state index is 0.574. The summed E-state index contributed by atoms with van der Waals surface area (Å²) < 4.78 is 0. The number of benzene rings is 1. The Morgan fingerprint density at radius 1 is 1.10 bits per heavy atom. The van der Waals surface area contributed by atoms with E-state index in [2.05, 4.69) is 32.2 Å². The lowest BCUT2D eigenvalue weighted by Gasteiger charge is -2.05. The topological polar surface area (TPSA) is 66.5 Å². The average Bonchev–Trinajstić information content (AvgIpc) is 2.98. The predicted octanol–water partition coefficient (Wildman–Crippen LogP) is 3.56. The van der Waals surface area contributed by atoms with E-state index in [0.29, 0.717) is 5.95 Å². The monoisotopic (exact) mass is 279 g/mol. The summed E-state index contributed by atoms with van der Waals surface area (Å²) in [5, 5.41) is 3.19. The molecule has 0 aliphatic carbocycles. The SMILES string of the molecule is CCCc1ncc(-c2ccnc(Nc3ccccc3)n2)[nH]1. The molecule has 5 heteroatoms. The number of aromatic nitrogens is 4. The molecule has 21 heavy (non-hydrogen) atoms. The first kappa shape index (κ1) is 13.3. The van der Waals surface area contributed by atoms with Gasteiger partial charge in [0.25, 0.3) is 0 Å². The first-order valence-corrected chi connectivity index (χ1v) is 7.04. The third-order valence-corrected chi connectivity index (χ3v) is 3.08. The van der Waals surface area contributed by atoms with E-state index in [4.69, 9.17) is 0 Å². The van der Waals surface area contributed by atoms with Gasteiger partial charge in [0.2, 0.25) is 5.95 Å². The van der Waals surface area contributed by atoms with Crippen LogP contribution in [-0.4, -0.2) is 19.9 Å². The van der Waals surface area contributed by atoms with E-state index in [-0.39, 0.29) is 0 Å². The molecule has 0 aliphatic rings. The van der Waals surface area contributed by atoms with Crippen LogP contribution in [0.2, 0.25) is 0 Å². The van der Waals surface area contributed by atoms with E-state index in [0.717, 1.165) is 35.7 Å². The van der Waals surface area contributed by atoms with Gasteiger partial charge in [0.05, 0.1) is 17.6 Å². The molecule has 5 nitrogen and oxygen atoms in total. The fraction of sp³-hybridized carbons (Fsp3) is 0.188. The summed E-state index contributed by atoms with van der Waals surface area (Å²) in [5.74, 6) is 1.56. The predicted molar refractivity (Wildman–Crippen MR) is 83.3 cm³/mol. The lowest BCUT2D eigenvalue weighted by Crippen LogP contribution is -1.97. The van der Waals surface area contributed by atoms with Crippen molar-refractivity contribution in [2.24, 2.45) is 0 Å². The van der Waals surface area contributed by atoms with Crippen LogP contribution >= 0.6 is 0 Å². The van der Waals surface area contributed by atoms with E-state index in [1.54, 1.807) is 6.20 Å². The number of nitrogens with one attached hydrogen (secondary N) is 2. The van der Waals surface area contributed by atoms with Gasteiger partial charge in [0.15, 0.2) is 0 Å². The van der Waals surface area contributed by atoms with Crippen molar-refractivity contribution < 1.29 is 0 Å². The van der Waals surface area contributed by atoms with E-state index in [1.807, 2.05) is 42.6 Å². The third-order valence-electron chi connectivity index (χ3n) is 3.08. The van der Waals surface area contributed by atoms with Crippen molar-refractivity contribution in [2.45, 2.75) is 19.8 Å². The minimum Gasteiger partial charge on any atom is -0.341 e. The minimum atomic E-state index is 0.574. The number of aryl methyl sites for hydroxylation is 1. The van der Waals surface area contributed by atoms with Gasteiger partial charge in [-0.2, -0.15) is 0 Å². The van der Waals surface area contributed by atoms with E-state index < -0.39 is 0 Å². The molecule has 0 radical (unpaired) electrons. The van der Waals surface area contributed by atoms with Crippen LogP contribution in [0.5, 0.6) is 0 Å². The maximum atomic E-state index is 4.52. The molecule has 0 saturated heterocycles. The highest BCUT2D eigenvalue weighted by atomic mass is 15.1. The lowest BCUT2D eigenvalue weighted by atomic mass is 10.3. The largest absolute Gasteiger partial charge is 0.341 e. The maximum absolute atomic E-state index is 4.52. The summed E-state index contributed by atoms with van der Waals surface area (Å²) in [6.07, 6.45) is 5.57. The van der Waals surface area contributed by atoms with Crippen LogP contribution in [0.25, 0.3) is 11.4 Å². The number of hydrogen-bond acceptors (Lipinski definition) is 4. The Bertz CT molecular complexity index is 705. The zero-order chi connectivity index (χ0) is 14.5. The molecule has 0 fully saturated rings. The smallest absolute Gasteiger partial charge is 0.227 e. The number of aromatic amines is 1. The Morgan fingerprint density at radius 3 is 2.76 bits per heavy atom. The quantitative estimate of drug-likeness (QED) is 0.749. The summed E-state index contributed by atoms with van der Waals surface area (Å²) in [6.45, 7) is 2.13. The van der Waals surface area contributed by atoms with Crippen molar-refractivity contribution in [2.75, 3.05) is 5.32 Å². The molecule has 106 valence electrons. The van der Waals surface area contributed by atoms with Crippen LogP contribution in [0.3, 0.4) is 0 Å². The summed E-state index contributed by atoms with van der Waals surface area (Å²) in [6, 6.07) is 11.7. The second-order valence-corrected chi connectivity index (χ2v) is 4.75. The van der Waals surface area contributed by atoms with E-state index >= 15 is 0 Å². The Labute approximate surface area is 123 Å². The Balaban J connectivity index is 1.82. The normalized spacial score (nSPS) is 10.5. The summed E-state index contributed by atoms with van der Waals surface area (Å²) in [4.78, 5) is 16.4. The van der Waals surface area contributed by atoms with Crippen LogP contribution in [0.1, 0.15) is 19.2 Å². The summed E-state index contributed by atoms with van der Waals surface area (Å²) >= 11 is 0. The highest BCUT2D eigenvalue weighted by molar-refractivity contribution is 5.58. The van der Waals surface area contributed by atoms with Crippen molar-refractivity contribution in [3.8, 4) is 11.4 Å². The lowest BCUT2D eigenvalue weighted by molar-refractivity contribution is 0.857. The molecular weight excluding hydrogens is 262 g/mol. The van der Waals surface area contributed by atoms with Crippen molar-refractivity contribution >= 4 is 11.6 Å². The van der Waals surface area contributed by atoms with Gasteiger partial charge in [-0.25, -0.2) is 15.0 Å². The Kier molecular flexibility index (Phi) is 3.91. The van der Waals surface area contributed by atoms with Crippen molar-refractivity contribution in [1.29, 1.82) is 0 Å². The van der Waals surface area contributed by atoms with Gasteiger partial charge < -0.3 is 10.3 Å². The fourth-order valence-electron chi connectivity index (χ4n) is 2.08. The molecule has 0 atom stereocenters. The van der Waals surface area contributed by atoms with Crippen LogP contribution in [-0.2, 0) is 6.42 Å². The van der Waals surface area contributed by atoms with Crippen LogP contribution in [0, 0.1) is 0 Å². The summed E-state index contributed by atoms with van der Waals surface area (Å²) in [5.41, 5.74) is 2.71. The highest BCUT2D eigenvalue weighted by Crippen LogP contribution is 2.18. The Hall–Kier alpha value is -2.69. The molecule has 0 amide bonds. The molecule has 0 spiro atoms. The molecule has 2 N–H and O–H groups in total. The van der Waals surface area contributed by atoms with Gasteiger partial charge in [-0.15, -0.1) is 0 Å². The van der Waals surface area contributed by atoms with Gasteiger partial charge in [0, 0.05) is 18.3 Å². The summed E-state index contributed by atoms with van der Waals surface area (Å²) in [7, 11) is 0. The van der Waals surface area contributed by atoms with Gasteiger partial charge in [-0.1, -0.05) is 25.1 Å². The number of hydrogen-bond donors (Lipinski definition) is 2. The molecule has 2 aromatic heterocycles. The third kappa shape index (κ3) is 3.25. The van der Waals surface area contributed by atoms with Crippen molar-refractivity contribution in [3.63, 3.8) is 0 Å². The molecule has 3 rings (SSSR count). The molecule has 1 aromatic carbocycles. The second kappa shape index (κ2) is 6.17. The van der Waals surface area contributed by atoms with Gasteiger partial charge >= 0.3 is 0 Å². The first-order chi connectivity index (χ1) is 10.3. The fourth-order valence-corrected chi connectivity index (χ4v) is 2.08. The molecule has 0 saturated carbocycles. The maximum Gasteiger partial charge on any atom is 0.227 e. The first-order valence-electron chi connectivity index (χ1n) is 7.04. The number of imidazole rings is 1. The number of anilines is 2. The average molecular weight is 279 g/mol. The molecule has 0 aliphatic heterocycles. The van der Waals surface area contributed by atoms with Gasteiger partial charge in [-0.3, -0.25) is 0 Å². The standard InChI is InChI=1S/C16H17N5/c1-2-6-15-18-11-14(20-15)13-9-10-17-16(21-13)19-12-7-4-3-5-8-12/h3-5,7-11H,2,6H2,1H3,(H,18,20)(H,17,19,21). The van der Waals surface area contributed by atoms with Gasteiger partial charge in [0.1, 0.15) is 5.82 Å². The van der Waals surface area contributed by atoms with Crippen LogP contribution in [0.15, 0.2) is 48.8 Å². The molecular formula is C16H17N5. The zero-order valence-electron chi connectivity index (χ0n) is 11.9. The number of nitrogens with zero attached hydrogens (tertiary/aromatic N) is 3. The molecule has 0 bridgehead atoms. The number of para-hydroxylation sites is 1. The molecule has 3 aromatic rings. The second-order valence-electron chi connectivity index (χ2n) is 4.75. The van der Waals surface area contributed by atoms with Crippen molar-refractivity contribution in [1.82, 2.24) is 19.9 Å². The number of rotatable bonds is 5. The molecule has 0 unspecified atom stereocenters. The highest BCUT2D eigenvalue weighted by Gasteiger charge is 2.06. The van der Waals surface area contributed by atoms with E-state index in [1.165, 1.54) is 0 Å². The van der Waals surface area contributed by atoms with Crippen molar-refractivity contribution in [3.05, 3.63) is 54.6 Å². The van der Waals surface area contributed by atoms with Gasteiger partial charge in [-0.05, 0) is 24.6 Å².